The summed E-state index contributed by atoms with van der Waals surface area (Å²) in [6.45, 7) is 3.15. The van der Waals surface area contributed by atoms with Crippen LogP contribution in [0.25, 0.3) is 0 Å². The van der Waals surface area contributed by atoms with E-state index in [1.54, 1.807) is 5.01 Å². The van der Waals surface area contributed by atoms with Crippen molar-refractivity contribution in [3.8, 4) is 0 Å². The summed E-state index contributed by atoms with van der Waals surface area (Å²) in [5.41, 5.74) is 0. The van der Waals surface area contributed by atoms with E-state index >= 15 is 0 Å². The maximum absolute atomic E-state index is 11.7. The highest BCUT2D eigenvalue weighted by molar-refractivity contribution is 5.80. The Bertz CT molecular complexity index is 195. The Morgan fingerprint density at radius 2 is 2.23 bits per heavy atom. The standard InChI is InChI=1S/C10H17N2O/c1-11(10(13)9-5-6-9)12-7-3-2-4-8-12/h7,9H,2-6,8H2,1H3. The minimum Gasteiger partial charge on any atom is -0.278 e. The van der Waals surface area contributed by atoms with Crippen molar-refractivity contribution in [1.29, 1.82) is 0 Å². The third kappa shape index (κ3) is 2.02. The lowest BCUT2D eigenvalue weighted by Gasteiger charge is -2.34. The Labute approximate surface area is 79.7 Å². The molecule has 1 aliphatic carbocycles. The van der Waals surface area contributed by atoms with E-state index in [-0.39, 0.29) is 0 Å². The summed E-state index contributed by atoms with van der Waals surface area (Å²) >= 11 is 0. The number of hydrogen-bond donors (Lipinski definition) is 0. The average Bonchev–Trinajstić information content (AvgIpc) is 3.00. The summed E-state index contributed by atoms with van der Waals surface area (Å²) < 4.78 is 0. The highest BCUT2D eigenvalue weighted by Crippen LogP contribution is 2.31. The monoisotopic (exact) mass is 181 g/mol. The zero-order valence-corrected chi connectivity index (χ0v) is 8.20. The molecular weight excluding hydrogens is 164 g/mol. The van der Waals surface area contributed by atoms with E-state index in [4.69, 9.17) is 0 Å². The van der Waals surface area contributed by atoms with Crippen LogP contribution in [0.3, 0.4) is 0 Å². The second-order valence-electron chi connectivity index (χ2n) is 3.98. The predicted molar refractivity (Wildman–Crippen MR) is 50.4 cm³/mol. The second kappa shape index (κ2) is 3.66. The van der Waals surface area contributed by atoms with Crippen LogP contribution in [0.15, 0.2) is 0 Å². The fourth-order valence-corrected chi connectivity index (χ4v) is 1.74. The number of carbonyl (C=O) groups excluding carboxylic acids is 1. The lowest BCUT2D eigenvalue weighted by molar-refractivity contribution is -0.145. The topological polar surface area (TPSA) is 23.6 Å². The minimum atomic E-state index is 0.304. The van der Waals surface area contributed by atoms with Crippen molar-refractivity contribution >= 4 is 5.91 Å². The van der Waals surface area contributed by atoms with E-state index in [2.05, 4.69) is 11.6 Å². The molecule has 13 heavy (non-hydrogen) atoms. The van der Waals surface area contributed by atoms with Gasteiger partial charge in [0.25, 0.3) is 0 Å². The molecule has 0 aromatic heterocycles. The Kier molecular flexibility index (Phi) is 2.54. The number of hydrogen-bond acceptors (Lipinski definition) is 2. The van der Waals surface area contributed by atoms with Crippen molar-refractivity contribution in [2.45, 2.75) is 32.1 Å². The molecule has 1 aliphatic heterocycles. The molecule has 1 saturated heterocycles. The Balaban J connectivity index is 1.86. The van der Waals surface area contributed by atoms with Crippen molar-refractivity contribution in [1.82, 2.24) is 10.0 Å². The highest BCUT2D eigenvalue weighted by atomic mass is 16.2. The zero-order valence-electron chi connectivity index (χ0n) is 8.20. The lowest BCUT2D eigenvalue weighted by atomic mass is 10.2. The van der Waals surface area contributed by atoms with Crippen molar-refractivity contribution in [3.05, 3.63) is 6.54 Å². The molecule has 2 aliphatic rings. The third-order valence-corrected chi connectivity index (χ3v) is 2.81. The van der Waals surface area contributed by atoms with Crippen LogP contribution >= 0.6 is 0 Å². The van der Waals surface area contributed by atoms with Crippen LogP contribution in [-0.2, 0) is 4.79 Å². The molecule has 0 aromatic carbocycles. The largest absolute Gasteiger partial charge is 0.278 e. The van der Waals surface area contributed by atoms with Gasteiger partial charge in [-0.2, -0.15) is 0 Å². The second-order valence-corrected chi connectivity index (χ2v) is 3.98. The molecule has 2 rings (SSSR count). The zero-order chi connectivity index (χ0) is 9.26. The molecule has 0 N–H and O–H groups in total. The molecule has 1 saturated carbocycles. The molecule has 0 aromatic rings. The fourth-order valence-electron chi connectivity index (χ4n) is 1.74. The third-order valence-electron chi connectivity index (χ3n) is 2.81. The summed E-state index contributed by atoms with van der Waals surface area (Å²) in [6.07, 6.45) is 5.77. The van der Waals surface area contributed by atoms with Crippen LogP contribution in [0.5, 0.6) is 0 Å². The first-order valence-electron chi connectivity index (χ1n) is 5.16. The van der Waals surface area contributed by atoms with E-state index in [1.165, 1.54) is 12.8 Å². The van der Waals surface area contributed by atoms with Crippen LogP contribution in [-0.4, -0.2) is 29.5 Å². The highest BCUT2D eigenvalue weighted by Gasteiger charge is 2.34. The van der Waals surface area contributed by atoms with Gasteiger partial charge in [0, 0.05) is 26.1 Å². The van der Waals surface area contributed by atoms with Crippen molar-refractivity contribution in [3.63, 3.8) is 0 Å². The molecule has 0 atom stereocenters. The first-order chi connectivity index (χ1) is 6.29. The summed E-state index contributed by atoms with van der Waals surface area (Å²) in [7, 11) is 1.89. The molecule has 1 amide bonds. The van der Waals surface area contributed by atoms with Crippen LogP contribution in [0.4, 0.5) is 0 Å². The van der Waals surface area contributed by atoms with Gasteiger partial charge < -0.3 is 0 Å². The maximum Gasteiger partial charge on any atom is 0.239 e. The molecule has 0 spiro atoms. The van der Waals surface area contributed by atoms with Gasteiger partial charge in [-0.05, 0) is 25.7 Å². The van der Waals surface area contributed by atoms with Gasteiger partial charge in [-0.1, -0.05) is 6.42 Å². The Morgan fingerprint density at radius 3 is 2.77 bits per heavy atom. The molecule has 0 bridgehead atoms. The first-order valence-corrected chi connectivity index (χ1v) is 5.16. The Morgan fingerprint density at radius 1 is 1.46 bits per heavy atom. The molecule has 73 valence electrons. The maximum atomic E-state index is 11.7. The van der Waals surface area contributed by atoms with Crippen LogP contribution in [0, 0.1) is 12.5 Å². The minimum absolute atomic E-state index is 0.304. The number of nitrogens with zero attached hydrogens (tertiary/aromatic N) is 2. The quantitative estimate of drug-likeness (QED) is 0.643. The summed E-state index contributed by atoms with van der Waals surface area (Å²) in [6, 6.07) is 0. The van der Waals surface area contributed by atoms with Gasteiger partial charge in [-0.25, -0.2) is 5.01 Å². The van der Waals surface area contributed by atoms with Crippen LogP contribution in [0.2, 0.25) is 0 Å². The number of hydrazine groups is 1. The van der Waals surface area contributed by atoms with E-state index in [1.807, 2.05) is 7.05 Å². The number of rotatable bonds is 2. The van der Waals surface area contributed by atoms with Gasteiger partial charge in [0.2, 0.25) is 5.91 Å². The summed E-state index contributed by atoms with van der Waals surface area (Å²) in [5, 5.41) is 3.88. The van der Waals surface area contributed by atoms with Gasteiger partial charge in [0.15, 0.2) is 0 Å². The van der Waals surface area contributed by atoms with Gasteiger partial charge >= 0.3 is 0 Å². The van der Waals surface area contributed by atoms with Gasteiger partial charge in [-0.3, -0.25) is 9.80 Å². The molecule has 0 unspecified atom stereocenters. The first kappa shape index (κ1) is 9.00. The fraction of sp³-hybridized carbons (Fsp3) is 0.800. The number of amides is 1. The Hall–Kier alpha value is -0.570. The van der Waals surface area contributed by atoms with Crippen LogP contribution in [0.1, 0.15) is 32.1 Å². The average molecular weight is 181 g/mol. The SMILES string of the molecule is CN(C(=O)C1CC1)N1[CH]CCCC1. The molecule has 2 fully saturated rings. The van der Waals surface area contributed by atoms with Crippen molar-refractivity contribution in [2.75, 3.05) is 13.6 Å². The van der Waals surface area contributed by atoms with E-state index in [9.17, 15) is 4.79 Å². The molecule has 3 heteroatoms. The van der Waals surface area contributed by atoms with E-state index in [0.717, 1.165) is 25.8 Å². The normalized spacial score (nSPS) is 24.4. The molecule has 1 heterocycles. The number of carbonyl (C=O) groups is 1. The predicted octanol–water partition coefficient (Wildman–Crippen LogP) is 1.42. The molecule has 3 nitrogen and oxygen atoms in total. The van der Waals surface area contributed by atoms with Gasteiger partial charge in [0.1, 0.15) is 0 Å². The lowest BCUT2D eigenvalue weighted by Crippen LogP contribution is -2.44. The van der Waals surface area contributed by atoms with E-state index < -0.39 is 0 Å². The van der Waals surface area contributed by atoms with Crippen molar-refractivity contribution < 1.29 is 4.79 Å². The summed E-state index contributed by atoms with van der Waals surface area (Å²) in [5.74, 6) is 0.637. The smallest absolute Gasteiger partial charge is 0.239 e. The number of piperidine rings is 1. The van der Waals surface area contributed by atoms with Crippen molar-refractivity contribution in [2.24, 2.45) is 5.92 Å². The van der Waals surface area contributed by atoms with Gasteiger partial charge in [0.05, 0.1) is 0 Å². The molecule has 1 radical (unpaired) electrons. The van der Waals surface area contributed by atoms with Gasteiger partial charge in [-0.15, -0.1) is 0 Å². The van der Waals surface area contributed by atoms with Crippen LogP contribution < -0.4 is 0 Å². The summed E-state index contributed by atoms with van der Waals surface area (Å²) in [4.78, 5) is 11.7. The molecular formula is C10H17N2O. The van der Waals surface area contributed by atoms with E-state index in [0.29, 0.717) is 11.8 Å².